The number of hydrogen-bond donors (Lipinski definition) is 1. The van der Waals surface area contributed by atoms with Crippen molar-refractivity contribution in [2.75, 3.05) is 0 Å². The third-order valence-corrected chi connectivity index (χ3v) is 3.73. The minimum Gasteiger partial charge on any atom is -0.345 e. The molecule has 1 aliphatic rings. The second-order valence-electron chi connectivity index (χ2n) is 5.30. The lowest BCUT2D eigenvalue weighted by Gasteiger charge is -2.19. The van der Waals surface area contributed by atoms with Crippen LogP contribution in [0.4, 0.5) is 8.78 Å². The van der Waals surface area contributed by atoms with Crippen molar-refractivity contribution in [3.05, 3.63) is 71.3 Å². The van der Waals surface area contributed by atoms with Gasteiger partial charge in [-0.15, -0.1) is 0 Å². The molecule has 3 rings (SSSR count). The van der Waals surface area contributed by atoms with E-state index in [1.165, 1.54) is 6.07 Å². The predicted octanol–water partition coefficient (Wildman–Crippen LogP) is 3.85. The van der Waals surface area contributed by atoms with Gasteiger partial charge < -0.3 is 5.32 Å². The van der Waals surface area contributed by atoms with Gasteiger partial charge >= 0.3 is 0 Å². The molecule has 0 saturated heterocycles. The van der Waals surface area contributed by atoms with Crippen LogP contribution in [0.1, 0.15) is 34.8 Å². The van der Waals surface area contributed by atoms with Gasteiger partial charge in [0, 0.05) is 0 Å². The van der Waals surface area contributed by atoms with Crippen LogP contribution in [0, 0.1) is 17.6 Å². The molecule has 0 heterocycles. The zero-order valence-electron chi connectivity index (χ0n) is 11.4. The molecule has 1 amide bonds. The zero-order valence-corrected chi connectivity index (χ0v) is 11.4. The summed E-state index contributed by atoms with van der Waals surface area (Å²) in [6.07, 6.45) is 2.03. The lowest BCUT2D eigenvalue weighted by molar-refractivity contribution is 0.0923. The van der Waals surface area contributed by atoms with Crippen LogP contribution < -0.4 is 5.32 Å². The Morgan fingerprint density at radius 1 is 1.00 bits per heavy atom. The lowest BCUT2D eigenvalue weighted by atomic mass is 10.0. The van der Waals surface area contributed by atoms with E-state index in [1.807, 2.05) is 30.3 Å². The average molecular weight is 287 g/mol. The molecule has 0 aromatic heterocycles. The van der Waals surface area contributed by atoms with Crippen LogP contribution in [-0.2, 0) is 0 Å². The Hall–Kier alpha value is -2.23. The van der Waals surface area contributed by atoms with Gasteiger partial charge in [-0.05, 0) is 36.5 Å². The molecule has 2 aromatic rings. The third kappa shape index (κ3) is 2.94. The van der Waals surface area contributed by atoms with E-state index in [-0.39, 0.29) is 6.04 Å². The average Bonchev–Trinajstić information content (AvgIpc) is 3.30. The summed E-state index contributed by atoms with van der Waals surface area (Å²) in [5, 5.41) is 2.77. The molecule has 1 aliphatic carbocycles. The quantitative estimate of drug-likeness (QED) is 0.909. The topological polar surface area (TPSA) is 29.1 Å². The maximum atomic E-state index is 13.7. The molecule has 0 aliphatic heterocycles. The summed E-state index contributed by atoms with van der Waals surface area (Å²) in [6.45, 7) is 0. The molecule has 1 saturated carbocycles. The highest BCUT2D eigenvalue weighted by atomic mass is 19.1. The Labute approximate surface area is 121 Å². The summed E-state index contributed by atoms with van der Waals surface area (Å²) in [5.74, 6) is -2.04. The Balaban J connectivity index is 1.85. The number of carbonyl (C=O) groups excluding carboxylic acids is 1. The SMILES string of the molecule is O=C(NC(c1ccccc1)C1CC1)c1c(F)cccc1F. The summed E-state index contributed by atoms with van der Waals surface area (Å²) >= 11 is 0. The number of carbonyl (C=O) groups is 1. The number of halogens is 2. The maximum Gasteiger partial charge on any atom is 0.257 e. The molecule has 0 spiro atoms. The molecular weight excluding hydrogens is 272 g/mol. The molecule has 4 heteroatoms. The van der Waals surface area contributed by atoms with E-state index in [0.717, 1.165) is 30.5 Å². The van der Waals surface area contributed by atoms with Crippen LogP contribution in [-0.4, -0.2) is 5.91 Å². The van der Waals surface area contributed by atoms with Crippen molar-refractivity contribution in [2.45, 2.75) is 18.9 Å². The Bertz CT molecular complexity index is 633. The van der Waals surface area contributed by atoms with E-state index >= 15 is 0 Å². The minimum absolute atomic E-state index is 0.197. The first-order valence-electron chi connectivity index (χ1n) is 6.96. The summed E-state index contributed by atoms with van der Waals surface area (Å²) in [4.78, 5) is 12.2. The molecule has 1 N–H and O–H groups in total. The van der Waals surface area contributed by atoms with Gasteiger partial charge in [-0.25, -0.2) is 8.78 Å². The largest absolute Gasteiger partial charge is 0.345 e. The molecule has 21 heavy (non-hydrogen) atoms. The van der Waals surface area contributed by atoms with Crippen molar-refractivity contribution in [1.29, 1.82) is 0 Å². The Morgan fingerprint density at radius 3 is 2.19 bits per heavy atom. The van der Waals surface area contributed by atoms with Gasteiger partial charge in [0.2, 0.25) is 0 Å². The van der Waals surface area contributed by atoms with E-state index in [1.54, 1.807) is 0 Å². The summed E-state index contributed by atoms with van der Waals surface area (Å²) in [6, 6.07) is 12.7. The third-order valence-electron chi connectivity index (χ3n) is 3.73. The monoisotopic (exact) mass is 287 g/mol. The first-order valence-corrected chi connectivity index (χ1v) is 6.96. The molecule has 2 aromatic carbocycles. The molecule has 1 fully saturated rings. The maximum absolute atomic E-state index is 13.7. The first kappa shape index (κ1) is 13.7. The fourth-order valence-electron chi connectivity index (χ4n) is 2.49. The number of benzene rings is 2. The Kier molecular flexibility index (Phi) is 3.69. The highest BCUT2D eigenvalue weighted by Crippen LogP contribution is 2.41. The number of amides is 1. The molecule has 108 valence electrons. The molecule has 0 bridgehead atoms. The second kappa shape index (κ2) is 5.64. The molecule has 0 radical (unpaired) electrons. The van der Waals surface area contributed by atoms with Gasteiger partial charge in [-0.2, -0.15) is 0 Å². The van der Waals surface area contributed by atoms with Crippen molar-refractivity contribution in [3.63, 3.8) is 0 Å². The Morgan fingerprint density at radius 2 is 1.62 bits per heavy atom. The molecule has 1 atom stereocenters. The zero-order chi connectivity index (χ0) is 14.8. The second-order valence-corrected chi connectivity index (χ2v) is 5.30. The van der Waals surface area contributed by atoms with Crippen LogP contribution in [0.25, 0.3) is 0 Å². The van der Waals surface area contributed by atoms with Gasteiger partial charge in [0.15, 0.2) is 0 Å². The lowest BCUT2D eigenvalue weighted by Crippen LogP contribution is -2.31. The summed E-state index contributed by atoms with van der Waals surface area (Å²) in [5.41, 5.74) is 0.448. The fraction of sp³-hybridized carbons (Fsp3) is 0.235. The van der Waals surface area contributed by atoms with Gasteiger partial charge in [0.05, 0.1) is 6.04 Å². The molecular formula is C17H15F2NO. The van der Waals surface area contributed by atoms with Crippen LogP contribution >= 0.6 is 0 Å². The van der Waals surface area contributed by atoms with Gasteiger partial charge in [-0.1, -0.05) is 36.4 Å². The molecule has 1 unspecified atom stereocenters. The summed E-state index contributed by atoms with van der Waals surface area (Å²) in [7, 11) is 0. The minimum atomic E-state index is -0.838. The van der Waals surface area contributed by atoms with Gasteiger partial charge in [-0.3, -0.25) is 4.79 Å². The van der Waals surface area contributed by atoms with E-state index in [4.69, 9.17) is 0 Å². The van der Waals surface area contributed by atoms with E-state index in [2.05, 4.69) is 5.32 Å². The fourth-order valence-corrected chi connectivity index (χ4v) is 2.49. The van der Waals surface area contributed by atoms with Gasteiger partial charge in [0.25, 0.3) is 5.91 Å². The van der Waals surface area contributed by atoms with Crippen LogP contribution in [0.2, 0.25) is 0 Å². The predicted molar refractivity (Wildman–Crippen MR) is 75.7 cm³/mol. The number of nitrogens with one attached hydrogen (secondary N) is 1. The van der Waals surface area contributed by atoms with Crippen LogP contribution in [0.5, 0.6) is 0 Å². The van der Waals surface area contributed by atoms with E-state index in [9.17, 15) is 13.6 Å². The normalized spacial score (nSPS) is 15.5. The summed E-state index contributed by atoms with van der Waals surface area (Å²) < 4.78 is 27.3. The van der Waals surface area contributed by atoms with Gasteiger partial charge in [0.1, 0.15) is 17.2 Å². The number of hydrogen-bond acceptors (Lipinski definition) is 1. The van der Waals surface area contributed by atoms with Crippen molar-refractivity contribution >= 4 is 5.91 Å². The smallest absolute Gasteiger partial charge is 0.257 e. The van der Waals surface area contributed by atoms with Crippen LogP contribution in [0.3, 0.4) is 0 Å². The number of rotatable bonds is 4. The van der Waals surface area contributed by atoms with Crippen molar-refractivity contribution in [3.8, 4) is 0 Å². The molecule has 2 nitrogen and oxygen atoms in total. The van der Waals surface area contributed by atoms with Crippen molar-refractivity contribution < 1.29 is 13.6 Å². The van der Waals surface area contributed by atoms with Crippen molar-refractivity contribution in [2.24, 2.45) is 5.92 Å². The van der Waals surface area contributed by atoms with Crippen LogP contribution in [0.15, 0.2) is 48.5 Å². The van der Waals surface area contributed by atoms with E-state index in [0.29, 0.717) is 5.92 Å². The highest BCUT2D eigenvalue weighted by molar-refractivity contribution is 5.95. The van der Waals surface area contributed by atoms with Crippen molar-refractivity contribution in [1.82, 2.24) is 5.32 Å². The standard InChI is InChI=1S/C17H15F2NO/c18-13-7-4-8-14(19)15(13)17(21)20-16(12-9-10-12)11-5-2-1-3-6-11/h1-8,12,16H,9-10H2,(H,20,21). The highest BCUT2D eigenvalue weighted by Gasteiger charge is 2.34. The van der Waals surface area contributed by atoms with E-state index < -0.39 is 23.1 Å². The first-order chi connectivity index (χ1) is 10.2.